The lowest BCUT2D eigenvalue weighted by molar-refractivity contribution is -0.275. The van der Waals surface area contributed by atoms with Gasteiger partial charge >= 0.3 is 12.3 Å². The first-order valence-electron chi connectivity index (χ1n) is 9.91. The van der Waals surface area contributed by atoms with Crippen molar-refractivity contribution in [2.45, 2.75) is 16.8 Å². The molecule has 0 heterocycles. The molecule has 0 aliphatic rings. The fourth-order valence-corrected chi connectivity index (χ4v) is 3.45. The number of esters is 1. The Hall–Kier alpha value is -2.36. The van der Waals surface area contributed by atoms with Gasteiger partial charge in [0.05, 0.1) is 30.6 Å². The molecule has 0 saturated heterocycles. The van der Waals surface area contributed by atoms with Gasteiger partial charge in [0, 0.05) is 16.4 Å². The highest BCUT2D eigenvalue weighted by atomic mass is 35.5. The smallest absolute Gasteiger partial charge is 0.508 e. The second-order valence-corrected chi connectivity index (χ2v) is 9.64. The van der Waals surface area contributed by atoms with Gasteiger partial charge in [0.2, 0.25) is 5.82 Å². The predicted molar refractivity (Wildman–Crippen MR) is 132 cm³/mol. The summed E-state index contributed by atoms with van der Waals surface area (Å²) in [4.78, 5) is 12.4. The van der Waals surface area contributed by atoms with Crippen LogP contribution in [0.15, 0.2) is 18.2 Å². The Labute approximate surface area is 203 Å². The molecule has 2 aromatic rings. The molecule has 0 fully saturated rings. The third-order valence-corrected chi connectivity index (χ3v) is 4.50. The van der Waals surface area contributed by atoms with Crippen molar-refractivity contribution in [2.24, 2.45) is 0 Å². The van der Waals surface area contributed by atoms with Crippen LogP contribution in [0.4, 0.5) is 22.0 Å². The van der Waals surface area contributed by atoms with Gasteiger partial charge in [0.1, 0.15) is 40.7 Å². The molecule has 176 valence electrons. The fourth-order valence-electron chi connectivity index (χ4n) is 2.98. The molecule has 0 radical (unpaired) electrons. The summed E-state index contributed by atoms with van der Waals surface area (Å²) >= 11 is 6.26. The third kappa shape index (κ3) is 6.61. The maximum Gasteiger partial charge on any atom is 0.573 e. The van der Waals surface area contributed by atoms with Crippen LogP contribution < -0.4 is 14.2 Å². The zero-order chi connectivity index (χ0) is 26.2. The Morgan fingerprint density at radius 2 is 1.47 bits per heavy atom. The second-order valence-electron chi connectivity index (χ2n) is 9.23. The van der Waals surface area contributed by atoms with Crippen LogP contribution in [0, 0.1) is 11.6 Å². The quantitative estimate of drug-likeness (QED) is 0.279. The second kappa shape index (κ2) is 9.71. The van der Waals surface area contributed by atoms with Gasteiger partial charge in [0.25, 0.3) is 0 Å². The van der Waals surface area contributed by atoms with Crippen molar-refractivity contribution in [3.8, 4) is 23.0 Å². The molecule has 0 aliphatic heterocycles. The Morgan fingerprint density at radius 1 is 0.912 bits per heavy atom. The van der Waals surface area contributed by atoms with Crippen molar-refractivity contribution in [1.82, 2.24) is 0 Å². The summed E-state index contributed by atoms with van der Waals surface area (Å²) in [6, 6.07) is 2.72. The summed E-state index contributed by atoms with van der Waals surface area (Å²) in [6.07, 6.45) is -5.17. The van der Waals surface area contributed by atoms with Gasteiger partial charge in [-0.25, -0.2) is 9.18 Å². The first-order chi connectivity index (χ1) is 15.4. The number of methoxy groups -OCH3 is 1. The van der Waals surface area contributed by atoms with Gasteiger partial charge < -0.3 is 18.9 Å². The van der Waals surface area contributed by atoms with Gasteiger partial charge in [0.15, 0.2) is 17.2 Å². The molecule has 0 spiro atoms. The van der Waals surface area contributed by atoms with E-state index in [0.717, 1.165) is 19.2 Å². The molecule has 2 aromatic carbocycles. The van der Waals surface area contributed by atoms with Crippen LogP contribution in [0.5, 0.6) is 23.0 Å². The number of benzene rings is 2. The van der Waals surface area contributed by atoms with Crippen LogP contribution in [-0.2, 0) is 9.85 Å². The summed E-state index contributed by atoms with van der Waals surface area (Å²) in [5, 5.41) is -1.99. The van der Waals surface area contributed by atoms with Gasteiger partial charge in [-0.2, -0.15) is 4.39 Å². The van der Waals surface area contributed by atoms with E-state index in [4.69, 9.17) is 21.1 Å². The average Bonchev–Trinajstić information content (AvgIpc) is 2.63. The van der Waals surface area contributed by atoms with Crippen LogP contribution in [0.25, 0.3) is 0 Å². The van der Waals surface area contributed by atoms with Crippen molar-refractivity contribution >= 4 is 64.6 Å². The van der Waals surface area contributed by atoms with Crippen LogP contribution in [0.2, 0.25) is 5.02 Å². The Kier molecular flexibility index (Phi) is 7.97. The van der Waals surface area contributed by atoms with Crippen LogP contribution in [-0.4, -0.2) is 71.8 Å². The zero-order valence-corrected chi connectivity index (χ0v) is 20.3. The SMILES string of the molecule is BC(B)(B)Oc1c(Oc2cc(Cl)c(C(B)(B)B)c(F)c2C(=O)OC)ccc(OC(F)(F)F)c1F. The normalized spacial score (nSPS) is 12.2. The molecule has 0 aromatic heterocycles. The number of halogens is 6. The lowest BCUT2D eigenvalue weighted by atomic mass is 9.40. The Balaban J connectivity index is 2.74. The molecule has 0 bridgehead atoms. The lowest BCUT2D eigenvalue weighted by Crippen LogP contribution is -2.38. The zero-order valence-electron chi connectivity index (χ0n) is 19.5. The molecule has 0 unspecified atom stereocenters. The summed E-state index contributed by atoms with van der Waals surface area (Å²) in [5.41, 5.74) is -0.622. The Bertz CT molecular complexity index is 1100. The monoisotopic (exact) mass is 498 g/mol. The highest BCUT2D eigenvalue weighted by Gasteiger charge is 2.35. The average molecular weight is 498 g/mol. The minimum absolute atomic E-state index is 0.00758. The van der Waals surface area contributed by atoms with Gasteiger partial charge in [-0.05, 0) is 17.7 Å². The van der Waals surface area contributed by atoms with Crippen molar-refractivity contribution in [2.75, 3.05) is 7.11 Å². The molecule has 34 heavy (non-hydrogen) atoms. The first kappa shape index (κ1) is 27.9. The van der Waals surface area contributed by atoms with Crippen molar-refractivity contribution in [3.63, 3.8) is 0 Å². The Morgan fingerprint density at radius 3 is 1.94 bits per heavy atom. The number of hydrogen-bond acceptors (Lipinski definition) is 5. The summed E-state index contributed by atoms with van der Waals surface area (Å²) < 4.78 is 87.8. The van der Waals surface area contributed by atoms with E-state index in [1.807, 2.05) is 0 Å². The molecule has 0 N–H and O–H groups in total. The third-order valence-electron chi connectivity index (χ3n) is 4.20. The summed E-state index contributed by atoms with van der Waals surface area (Å²) in [5.74, 6) is -6.46. The maximum atomic E-state index is 15.4. The van der Waals surface area contributed by atoms with E-state index in [1.165, 1.54) is 23.5 Å². The highest BCUT2D eigenvalue weighted by molar-refractivity contribution is 6.60. The highest BCUT2D eigenvalue weighted by Crippen LogP contribution is 2.43. The number of hydrogen-bond donors (Lipinski definition) is 0. The molecule has 17 heteroatoms. The van der Waals surface area contributed by atoms with E-state index in [0.29, 0.717) is 6.07 Å². The minimum atomic E-state index is -5.17. The molecule has 0 aliphatic carbocycles. The fraction of sp³-hybridized carbons (Fsp3) is 0.235. The van der Waals surface area contributed by atoms with E-state index in [1.54, 1.807) is 23.5 Å². The standard InChI is InChI=1S/C17H18B6ClF5O5/c1-31-14(30)9-8(4-5(24)10(12(9)26)15(18,19)20)32-7-3-2-6(33-17(27,28)29)11(25)13(7)34-16(21,22)23/h2-4H,18-23H2,1H3. The lowest BCUT2D eigenvalue weighted by Gasteiger charge is -2.26. The largest absolute Gasteiger partial charge is 0.573 e. The molecule has 0 atom stereocenters. The number of rotatable bonds is 7. The van der Waals surface area contributed by atoms with Gasteiger partial charge in [-0.15, -0.1) is 13.2 Å². The summed E-state index contributed by atoms with van der Waals surface area (Å²) in [7, 11) is 10.6. The van der Waals surface area contributed by atoms with Crippen molar-refractivity contribution in [1.29, 1.82) is 0 Å². The molecule has 5 nitrogen and oxygen atoms in total. The molecule has 2 rings (SSSR count). The van der Waals surface area contributed by atoms with Crippen molar-refractivity contribution < 1.29 is 45.7 Å². The van der Waals surface area contributed by atoms with Gasteiger partial charge in [-0.3, -0.25) is 0 Å². The number of alkyl halides is 3. The van der Waals surface area contributed by atoms with Crippen LogP contribution in [0.1, 0.15) is 15.9 Å². The maximum absolute atomic E-state index is 15.4. The molecule has 0 saturated carbocycles. The van der Waals surface area contributed by atoms with Gasteiger partial charge in [-0.1, -0.05) is 16.7 Å². The van der Waals surface area contributed by atoms with E-state index in [-0.39, 0.29) is 10.6 Å². The van der Waals surface area contributed by atoms with E-state index in [9.17, 15) is 22.4 Å². The molecular weight excluding hydrogens is 479 g/mol. The molecule has 0 amide bonds. The number of carbonyl (C=O) groups is 1. The number of carbonyl (C=O) groups excluding carboxylic acids is 1. The number of ether oxygens (including phenoxy) is 4. The van der Waals surface area contributed by atoms with E-state index in [2.05, 4.69) is 9.47 Å². The topological polar surface area (TPSA) is 54.0 Å². The van der Waals surface area contributed by atoms with E-state index < -0.39 is 62.9 Å². The van der Waals surface area contributed by atoms with E-state index >= 15 is 4.39 Å². The first-order valence-corrected chi connectivity index (χ1v) is 10.3. The predicted octanol–water partition coefficient (Wildman–Crippen LogP) is -1.01. The van der Waals surface area contributed by atoms with Crippen molar-refractivity contribution in [3.05, 3.63) is 46.0 Å². The molecular formula is C17H18B6ClF5O5. The van der Waals surface area contributed by atoms with Crippen LogP contribution in [0.3, 0.4) is 0 Å². The summed E-state index contributed by atoms with van der Waals surface area (Å²) in [6.45, 7) is 0. The van der Waals surface area contributed by atoms with Crippen LogP contribution >= 0.6 is 11.6 Å². The minimum Gasteiger partial charge on any atom is -0.508 e.